The van der Waals surface area contributed by atoms with E-state index in [2.05, 4.69) is 10.3 Å². The number of nitrogens with zero attached hydrogens (tertiary/aromatic N) is 2. The van der Waals surface area contributed by atoms with E-state index in [0.29, 0.717) is 5.82 Å². The molecular formula is C22H30N4O2. The standard InChI is InChI=1S/C22H30N4O2/c1-14-12-19(27)26(3)15(2)20(14)17-10-11-18(24-13-17)25-22(28)21(23)16-8-6-4-5-7-9-16/h10-13,16,21H,4-9,23H2,1-3H3,(H,24,25,28). The van der Waals surface area contributed by atoms with Gasteiger partial charge in [-0.3, -0.25) is 9.59 Å². The summed E-state index contributed by atoms with van der Waals surface area (Å²) in [5, 5.41) is 2.86. The van der Waals surface area contributed by atoms with Crippen molar-refractivity contribution in [3.63, 3.8) is 0 Å². The lowest BCUT2D eigenvalue weighted by atomic mass is 9.92. The van der Waals surface area contributed by atoms with E-state index in [4.69, 9.17) is 5.73 Å². The van der Waals surface area contributed by atoms with Crippen molar-refractivity contribution < 1.29 is 4.79 Å². The van der Waals surface area contributed by atoms with Gasteiger partial charge in [0.1, 0.15) is 5.82 Å². The van der Waals surface area contributed by atoms with Crippen LogP contribution >= 0.6 is 0 Å². The number of rotatable bonds is 4. The van der Waals surface area contributed by atoms with Crippen LogP contribution in [0.3, 0.4) is 0 Å². The van der Waals surface area contributed by atoms with Gasteiger partial charge >= 0.3 is 0 Å². The van der Waals surface area contributed by atoms with Gasteiger partial charge in [-0.15, -0.1) is 0 Å². The lowest BCUT2D eigenvalue weighted by molar-refractivity contribution is -0.118. The molecule has 2 aromatic rings. The zero-order valence-corrected chi connectivity index (χ0v) is 17.0. The van der Waals surface area contributed by atoms with Gasteiger partial charge < -0.3 is 15.6 Å². The van der Waals surface area contributed by atoms with Crippen LogP contribution in [0, 0.1) is 19.8 Å². The quantitative estimate of drug-likeness (QED) is 0.794. The van der Waals surface area contributed by atoms with Gasteiger partial charge in [-0.05, 0) is 50.3 Å². The summed E-state index contributed by atoms with van der Waals surface area (Å²) in [5.41, 5.74) is 9.91. The molecule has 6 heteroatoms. The molecule has 3 N–H and O–H groups in total. The summed E-state index contributed by atoms with van der Waals surface area (Å²) in [6.45, 7) is 3.84. The maximum Gasteiger partial charge on any atom is 0.250 e. The van der Waals surface area contributed by atoms with Crippen molar-refractivity contribution >= 4 is 11.7 Å². The number of carbonyl (C=O) groups excluding carboxylic acids is 1. The molecule has 3 rings (SSSR count). The van der Waals surface area contributed by atoms with Crippen LogP contribution in [0.5, 0.6) is 0 Å². The summed E-state index contributed by atoms with van der Waals surface area (Å²) in [6.07, 6.45) is 8.54. The van der Waals surface area contributed by atoms with E-state index in [9.17, 15) is 9.59 Å². The van der Waals surface area contributed by atoms with E-state index in [1.165, 1.54) is 12.8 Å². The van der Waals surface area contributed by atoms with E-state index in [1.807, 2.05) is 19.9 Å². The van der Waals surface area contributed by atoms with Crippen molar-refractivity contribution in [3.05, 3.63) is 46.0 Å². The average molecular weight is 383 g/mol. The number of nitrogens with one attached hydrogen (secondary N) is 1. The molecule has 0 radical (unpaired) electrons. The Morgan fingerprint density at radius 3 is 2.50 bits per heavy atom. The van der Waals surface area contributed by atoms with Crippen molar-refractivity contribution in [2.45, 2.75) is 58.4 Å². The Labute approximate surface area is 166 Å². The van der Waals surface area contributed by atoms with Crippen molar-refractivity contribution in [2.24, 2.45) is 18.7 Å². The molecule has 1 aliphatic rings. The van der Waals surface area contributed by atoms with Crippen LogP contribution in [0.4, 0.5) is 5.82 Å². The monoisotopic (exact) mass is 382 g/mol. The van der Waals surface area contributed by atoms with Crippen LogP contribution in [0.2, 0.25) is 0 Å². The molecule has 0 bridgehead atoms. The minimum absolute atomic E-state index is 0.0249. The van der Waals surface area contributed by atoms with Gasteiger partial charge in [0, 0.05) is 36.1 Å². The predicted octanol–water partition coefficient (Wildman–Crippen LogP) is 3.30. The molecule has 0 spiro atoms. The number of pyridine rings is 2. The Hall–Kier alpha value is -2.47. The number of anilines is 1. The van der Waals surface area contributed by atoms with Crippen molar-refractivity contribution in [2.75, 3.05) is 5.32 Å². The normalized spacial score (nSPS) is 16.4. The van der Waals surface area contributed by atoms with Gasteiger partial charge in [0.15, 0.2) is 0 Å². The largest absolute Gasteiger partial charge is 0.320 e. The first kappa shape index (κ1) is 20.3. The Kier molecular flexibility index (Phi) is 6.29. The molecule has 1 fully saturated rings. The third-order valence-electron chi connectivity index (χ3n) is 5.94. The number of aryl methyl sites for hydroxylation is 1. The van der Waals surface area contributed by atoms with Crippen LogP contribution in [-0.4, -0.2) is 21.5 Å². The van der Waals surface area contributed by atoms with Crippen LogP contribution in [0.25, 0.3) is 11.1 Å². The van der Waals surface area contributed by atoms with Crippen LogP contribution in [0.15, 0.2) is 29.2 Å². The zero-order chi connectivity index (χ0) is 20.3. The maximum absolute atomic E-state index is 12.6. The molecule has 1 atom stereocenters. The van der Waals surface area contributed by atoms with E-state index < -0.39 is 6.04 Å². The summed E-state index contributed by atoms with van der Waals surface area (Å²) >= 11 is 0. The van der Waals surface area contributed by atoms with E-state index in [-0.39, 0.29) is 17.4 Å². The van der Waals surface area contributed by atoms with Crippen molar-refractivity contribution in [1.82, 2.24) is 9.55 Å². The van der Waals surface area contributed by atoms with E-state index >= 15 is 0 Å². The number of carbonyl (C=O) groups is 1. The average Bonchev–Trinajstić information content (AvgIpc) is 2.96. The first-order chi connectivity index (χ1) is 13.4. The minimum atomic E-state index is -0.493. The lowest BCUT2D eigenvalue weighted by Gasteiger charge is -2.21. The third-order valence-corrected chi connectivity index (χ3v) is 5.94. The second kappa shape index (κ2) is 8.69. The molecule has 6 nitrogen and oxygen atoms in total. The van der Waals surface area contributed by atoms with Crippen molar-refractivity contribution in [3.8, 4) is 11.1 Å². The van der Waals surface area contributed by atoms with Crippen molar-refractivity contribution in [1.29, 1.82) is 0 Å². The number of amides is 1. The van der Waals surface area contributed by atoms with Crippen LogP contribution in [-0.2, 0) is 11.8 Å². The molecule has 150 valence electrons. The Bertz CT molecular complexity index is 894. The smallest absolute Gasteiger partial charge is 0.250 e. The summed E-state index contributed by atoms with van der Waals surface area (Å²) < 4.78 is 1.63. The number of hydrogen-bond donors (Lipinski definition) is 2. The number of hydrogen-bond acceptors (Lipinski definition) is 4. The van der Waals surface area contributed by atoms with Gasteiger partial charge in [0.2, 0.25) is 5.91 Å². The minimum Gasteiger partial charge on any atom is -0.320 e. The lowest BCUT2D eigenvalue weighted by Crippen LogP contribution is -2.42. The summed E-state index contributed by atoms with van der Waals surface area (Å²) in [6, 6.07) is 4.84. The van der Waals surface area contributed by atoms with Gasteiger partial charge in [-0.2, -0.15) is 0 Å². The van der Waals surface area contributed by atoms with E-state index in [1.54, 1.807) is 29.9 Å². The molecule has 2 heterocycles. The maximum atomic E-state index is 12.6. The second-order valence-electron chi connectivity index (χ2n) is 7.88. The Morgan fingerprint density at radius 1 is 1.21 bits per heavy atom. The molecule has 28 heavy (non-hydrogen) atoms. The molecule has 2 aromatic heterocycles. The first-order valence-electron chi connectivity index (χ1n) is 10.1. The SMILES string of the molecule is Cc1cc(=O)n(C)c(C)c1-c1ccc(NC(=O)C(N)C2CCCCCC2)nc1. The highest BCUT2D eigenvalue weighted by Gasteiger charge is 2.25. The van der Waals surface area contributed by atoms with Crippen LogP contribution in [0.1, 0.15) is 49.8 Å². The van der Waals surface area contributed by atoms with Gasteiger partial charge in [-0.25, -0.2) is 4.98 Å². The number of nitrogens with two attached hydrogens (primary N) is 1. The molecule has 1 aliphatic carbocycles. The van der Waals surface area contributed by atoms with Gasteiger partial charge in [0.05, 0.1) is 6.04 Å². The molecule has 0 aliphatic heterocycles. The highest BCUT2D eigenvalue weighted by atomic mass is 16.2. The molecule has 0 aromatic carbocycles. The molecular weight excluding hydrogens is 352 g/mol. The fourth-order valence-electron chi connectivity index (χ4n) is 4.12. The highest BCUT2D eigenvalue weighted by molar-refractivity contribution is 5.94. The number of aromatic nitrogens is 2. The highest BCUT2D eigenvalue weighted by Crippen LogP contribution is 2.27. The second-order valence-corrected chi connectivity index (χ2v) is 7.88. The third kappa shape index (κ3) is 4.33. The zero-order valence-electron chi connectivity index (χ0n) is 17.0. The molecule has 1 saturated carbocycles. The summed E-state index contributed by atoms with van der Waals surface area (Å²) in [5.74, 6) is 0.581. The van der Waals surface area contributed by atoms with Gasteiger partial charge in [0.25, 0.3) is 5.56 Å². The summed E-state index contributed by atoms with van der Waals surface area (Å²) in [7, 11) is 1.76. The Morgan fingerprint density at radius 2 is 1.89 bits per heavy atom. The first-order valence-corrected chi connectivity index (χ1v) is 10.1. The molecule has 1 amide bonds. The Balaban J connectivity index is 1.74. The van der Waals surface area contributed by atoms with Gasteiger partial charge in [-0.1, -0.05) is 25.7 Å². The summed E-state index contributed by atoms with van der Waals surface area (Å²) in [4.78, 5) is 28.9. The fraction of sp³-hybridized carbons (Fsp3) is 0.500. The fourth-order valence-corrected chi connectivity index (χ4v) is 4.12. The molecule has 1 unspecified atom stereocenters. The predicted molar refractivity (Wildman–Crippen MR) is 112 cm³/mol. The van der Waals surface area contributed by atoms with E-state index in [0.717, 1.165) is 48.1 Å². The van der Waals surface area contributed by atoms with Crippen LogP contribution < -0.4 is 16.6 Å². The molecule has 0 saturated heterocycles. The topological polar surface area (TPSA) is 90.0 Å².